The van der Waals surface area contributed by atoms with Crippen molar-refractivity contribution < 1.29 is 0 Å². The standard InChI is InChI=1S/C18H34S/c1-9-11-18(8,12-10-2)16(4)19-14-15(3)13-17(5,6)7/h14H,4,9-13H2,1-3,5-8H3/b15-14+. The van der Waals surface area contributed by atoms with Gasteiger partial charge >= 0.3 is 0 Å². The summed E-state index contributed by atoms with van der Waals surface area (Å²) in [6.45, 7) is 20.4. The van der Waals surface area contributed by atoms with E-state index in [9.17, 15) is 0 Å². The van der Waals surface area contributed by atoms with Gasteiger partial charge in [-0.25, -0.2) is 0 Å². The predicted octanol–water partition coefficient (Wildman–Crippen LogP) is 7.18. The molecule has 0 aliphatic heterocycles. The Morgan fingerprint density at radius 2 is 1.53 bits per heavy atom. The molecule has 0 fully saturated rings. The van der Waals surface area contributed by atoms with E-state index in [2.05, 4.69) is 60.5 Å². The molecule has 19 heavy (non-hydrogen) atoms. The maximum absolute atomic E-state index is 4.35. The van der Waals surface area contributed by atoms with Crippen LogP contribution in [0.25, 0.3) is 0 Å². The highest BCUT2D eigenvalue weighted by Gasteiger charge is 2.25. The molecule has 112 valence electrons. The molecule has 0 N–H and O–H groups in total. The van der Waals surface area contributed by atoms with Gasteiger partial charge in [-0.1, -0.05) is 66.5 Å². The molecule has 0 radical (unpaired) electrons. The van der Waals surface area contributed by atoms with E-state index in [0.29, 0.717) is 10.8 Å². The van der Waals surface area contributed by atoms with Crippen molar-refractivity contribution in [1.82, 2.24) is 0 Å². The lowest BCUT2D eigenvalue weighted by Gasteiger charge is -2.30. The van der Waals surface area contributed by atoms with Gasteiger partial charge in [0, 0.05) is 0 Å². The van der Waals surface area contributed by atoms with Crippen LogP contribution in [0, 0.1) is 10.8 Å². The first-order chi connectivity index (χ1) is 8.64. The van der Waals surface area contributed by atoms with Crippen molar-refractivity contribution in [2.45, 2.75) is 80.6 Å². The SMILES string of the molecule is C=C(S/C=C(\C)CC(C)(C)C)C(C)(CCC)CCC. The van der Waals surface area contributed by atoms with Crippen molar-refractivity contribution in [2.24, 2.45) is 10.8 Å². The zero-order valence-electron chi connectivity index (χ0n) is 14.2. The Bertz CT molecular complexity index is 298. The Labute approximate surface area is 126 Å². The minimum atomic E-state index is 0.298. The molecular weight excluding hydrogens is 248 g/mol. The monoisotopic (exact) mass is 282 g/mol. The van der Waals surface area contributed by atoms with Crippen LogP contribution in [0.4, 0.5) is 0 Å². The van der Waals surface area contributed by atoms with E-state index in [-0.39, 0.29) is 0 Å². The third kappa shape index (κ3) is 7.87. The zero-order chi connectivity index (χ0) is 15.1. The number of hydrogen-bond acceptors (Lipinski definition) is 1. The summed E-state index contributed by atoms with van der Waals surface area (Å²) in [7, 11) is 0. The molecule has 0 saturated carbocycles. The van der Waals surface area contributed by atoms with Crippen molar-refractivity contribution in [3.63, 3.8) is 0 Å². The van der Waals surface area contributed by atoms with Crippen LogP contribution in [-0.4, -0.2) is 0 Å². The maximum atomic E-state index is 4.35. The second-order valence-electron chi connectivity index (χ2n) is 7.30. The Morgan fingerprint density at radius 1 is 1.05 bits per heavy atom. The van der Waals surface area contributed by atoms with Crippen molar-refractivity contribution in [2.75, 3.05) is 0 Å². The fourth-order valence-electron chi connectivity index (χ4n) is 2.70. The molecule has 0 spiro atoms. The smallest absolute Gasteiger partial charge is 0.00182 e. The summed E-state index contributed by atoms with van der Waals surface area (Å²) in [5.41, 5.74) is 2.14. The summed E-state index contributed by atoms with van der Waals surface area (Å²) < 4.78 is 0. The Kier molecular flexibility index (Phi) is 8.12. The molecule has 0 amide bonds. The highest BCUT2D eigenvalue weighted by atomic mass is 32.2. The van der Waals surface area contributed by atoms with E-state index in [1.165, 1.54) is 36.2 Å². The van der Waals surface area contributed by atoms with E-state index in [1.807, 2.05) is 11.8 Å². The van der Waals surface area contributed by atoms with Gasteiger partial charge < -0.3 is 0 Å². The van der Waals surface area contributed by atoms with Crippen LogP contribution in [0.15, 0.2) is 22.5 Å². The van der Waals surface area contributed by atoms with Crippen LogP contribution in [0.5, 0.6) is 0 Å². The lowest BCUT2D eigenvalue weighted by molar-refractivity contribution is 0.346. The minimum Gasteiger partial charge on any atom is -0.103 e. The summed E-state index contributed by atoms with van der Waals surface area (Å²) in [5, 5.41) is 2.32. The van der Waals surface area contributed by atoms with Crippen LogP contribution in [0.2, 0.25) is 0 Å². The second-order valence-corrected chi connectivity index (χ2v) is 8.27. The first kappa shape index (κ1) is 18.8. The summed E-state index contributed by atoms with van der Waals surface area (Å²) >= 11 is 1.86. The van der Waals surface area contributed by atoms with Gasteiger partial charge in [-0.2, -0.15) is 0 Å². The molecule has 0 heterocycles. The fourth-order valence-corrected chi connectivity index (χ4v) is 3.61. The fraction of sp³-hybridized carbons (Fsp3) is 0.778. The Balaban J connectivity index is 4.61. The van der Waals surface area contributed by atoms with Crippen LogP contribution < -0.4 is 0 Å². The molecule has 0 aliphatic carbocycles. The highest BCUT2D eigenvalue weighted by molar-refractivity contribution is 8.05. The van der Waals surface area contributed by atoms with Crippen molar-refractivity contribution in [3.05, 3.63) is 22.5 Å². The first-order valence-electron chi connectivity index (χ1n) is 7.66. The molecule has 0 aromatic carbocycles. The molecular formula is C18H34S. The maximum Gasteiger partial charge on any atom is -0.00182 e. The third-order valence-corrected chi connectivity index (χ3v) is 4.79. The Hall–Kier alpha value is -0.170. The van der Waals surface area contributed by atoms with Gasteiger partial charge in [-0.05, 0) is 47.3 Å². The van der Waals surface area contributed by atoms with Gasteiger partial charge in [-0.15, -0.1) is 11.8 Å². The normalized spacial score (nSPS) is 13.7. The van der Waals surface area contributed by atoms with Crippen molar-refractivity contribution >= 4 is 11.8 Å². The number of thioether (sulfide) groups is 1. The molecule has 0 saturated heterocycles. The topological polar surface area (TPSA) is 0 Å². The van der Waals surface area contributed by atoms with Gasteiger partial charge in [-0.3, -0.25) is 0 Å². The molecule has 0 atom stereocenters. The lowest BCUT2D eigenvalue weighted by Crippen LogP contribution is -2.16. The molecule has 0 unspecified atom stereocenters. The summed E-state index contributed by atoms with van der Waals surface area (Å²) in [6.07, 6.45) is 6.13. The molecule has 0 bridgehead atoms. The predicted molar refractivity (Wildman–Crippen MR) is 92.5 cm³/mol. The molecule has 0 aliphatic rings. The first-order valence-corrected chi connectivity index (χ1v) is 8.54. The summed E-state index contributed by atoms with van der Waals surface area (Å²) in [5.74, 6) is 0. The van der Waals surface area contributed by atoms with E-state index in [4.69, 9.17) is 0 Å². The quantitative estimate of drug-likeness (QED) is 0.454. The molecule has 1 heteroatoms. The molecule has 0 rings (SSSR count). The average Bonchev–Trinajstić information content (AvgIpc) is 2.24. The highest BCUT2D eigenvalue weighted by Crippen LogP contribution is 2.43. The number of allylic oxidation sites excluding steroid dienone is 2. The second kappa shape index (κ2) is 8.19. The summed E-state index contributed by atoms with van der Waals surface area (Å²) in [6, 6.07) is 0. The molecule has 0 nitrogen and oxygen atoms in total. The molecule has 0 aromatic heterocycles. The van der Waals surface area contributed by atoms with E-state index in [1.54, 1.807) is 0 Å². The third-order valence-electron chi connectivity index (χ3n) is 3.49. The van der Waals surface area contributed by atoms with Gasteiger partial charge in [0.05, 0.1) is 0 Å². The largest absolute Gasteiger partial charge is 0.103 e. The lowest BCUT2D eigenvalue weighted by atomic mass is 9.81. The van der Waals surface area contributed by atoms with Gasteiger partial charge in [0.25, 0.3) is 0 Å². The van der Waals surface area contributed by atoms with Crippen LogP contribution in [0.1, 0.15) is 80.6 Å². The van der Waals surface area contributed by atoms with Gasteiger partial charge in [0.2, 0.25) is 0 Å². The minimum absolute atomic E-state index is 0.298. The number of hydrogen-bond donors (Lipinski definition) is 0. The summed E-state index contributed by atoms with van der Waals surface area (Å²) in [4.78, 5) is 1.34. The zero-order valence-corrected chi connectivity index (χ0v) is 15.0. The molecule has 0 aromatic rings. The van der Waals surface area contributed by atoms with E-state index < -0.39 is 0 Å². The average molecular weight is 283 g/mol. The van der Waals surface area contributed by atoms with Crippen LogP contribution >= 0.6 is 11.8 Å². The number of rotatable bonds is 8. The van der Waals surface area contributed by atoms with E-state index in [0.717, 1.165) is 6.42 Å². The van der Waals surface area contributed by atoms with Crippen molar-refractivity contribution in [3.8, 4) is 0 Å². The van der Waals surface area contributed by atoms with Gasteiger partial charge in [0.15, 0.2) is 0 Å². The van der Waals surface area contributed by atoms with Crippen LogP contribution in [0.3, 0.4) is 0 Å². The van der Waals surface area contributed by atoms with Gasteiger partial charge in [0.1, 0.15) is 0 Å². The van der Waals surface area contributed by atoms with Crippen molar-refractivity contribution in [1.29, 1.82) is 0 Å². The Morgan fingerprint density at radius 3 is 1.89 bits per heavy atom. The van der Waals surface area contributed by atoms with E-state index >= 15 is 0 Å². The van der Waals surface area contributed by atoms with Crippen LogP contribution in [-0.2, 0) is 0 Å².